The summed E-state index contributed by atoms with van der Waals surface area (Å²) in [5, 5.41) is 1.21. The Kier molecular flexibility index (Phi) is 4.08. The van der Waals surface area contributed by atoms with Gasteiger partial charge in [-0.25, -0.2) is 0 Å². The molecule has 1 unspecified atom stereocenters. The van der Waals surface area contributed by atoms with Gasteiger partial charge in [-0.15, -0.1) is 0 Å². The number of nitrogens with zero attached hydrogens (tertiary/aromatic N) is 1. The fourth-order valence-electron chi connectivity index (χ4n) is 3.63. The number of aromatic nitrogens is 1. The van der Waals surface area contributed by atoms with E-state index in [9.17, 15) is 9.59 Å². The summed E-state index contributed by atoms with van der Waals surface area (Å²) in [5.74, 6) is 0.0501. The highest BCUT2D eigenvalue weighted by atomic mass is 16.5. The first-order chi connectivity index (χ1) is 12.7. The summed E-state index contributed by atoms with van der Waals surface area (Å²) in [6.07, 6.45) is 1.73. The van der Waals surface area contributed by atoms with Crippen LogP contribution in [0, 0.1) is 0 Å². The Morgan fingerprint density at radius 2 is 2.00 bits per heavy atom. The predicted molar refractivity (Wildman–Crippen MR) is 97.7 cm³/mol. The fourth-order valence-corrected chi connectivity index (χ4v) is 3.63. The summed E-state index contributed by atoms with van der Waals surface area (Å²) in [6.45, 7) is 0.512. The van der Waals surface area contributed by atoms with Crippen molar-refractivity contribution in [1.82, 2.24) is 9.88 Å². The molecule has 132 valence electrons. The number of aromatic amines is 1. The van der Waals surface area contributed by atoms with E-state index in [1.54, 1.807) is 17.0 Å². The largest absolute Gasteiger partial charge is 0.484 e. The second-order valence-electron chi connectivity index (χ2n) is 6.38. The minimum absolute atomic E-state index is 0.157. The number of hydrogen-bond donors (Lipinski definition) is 2. The third kappa shape index (κ3) is 2.79. The van der Waals surface area contributed by atoms with Gasteiger partial charge in [-0.3, -0.25) is 9.59 Å². The highest BCUT2D eigenvalue weighted by Gasteiger charge is 2.30. The number of benzene rings is 2. The molecule has 6 nitrogen and oxygen atoms in total. The van der Waals surface area contributed by atoms with Crippen molar-refractivity contribution in [3.8, 4) is 5.75 Å². The second-order valence-corrected chi connectivity index (χ2v) is 6.38. The minimum Gasteiger partial charge on any atom is -0.484 e. The zero-order valence-electron chi connectivity index (χ0n) is 14.1. The van der Waals surface area contributed by atoms with Crippen molar-refractivity contribution in [2.24, 2.45) is 5.73 Å². The molecule has 1 atom stereocenters. The molecule has 0 saturated carbocycles. The lowest BCUT2D eigenvalue weighted by Gasteiger charge is -2.33. The molecule has 3 N–H and O–H groups in total. The summed E-state index contributed by atoms with van der Waals surface area (Å²) in [7, 11) is 0. The van der Waals surface area contributed by atoms with Gasteiger partial charge in [0.15, 0.2) is 6.61 Å². The molecule has 0 aliphatic carbocycles. The van der Waals surface area contributed by atoms with E-state index in [0.29, 0.717) is 12.3 Å². The molecule has 6 heteroatoms. The lowest BCUT2D eigenvalue weighted by atomic mass is 9.93. The molecule has 2 amide bonds. The van der Waals surface area contributed by atoms with Gasteiger partial charge in [0.2, 0.25) is 6.41 Å². The molecule has 0 bridgehead atoms. The van der Waals surface area contributed by atoms with Crippen molar-refractivity contribution in [2.75, 3.05) is 13.2 Å². The summed E-state index contributed by atoms with van der Waals surface area (Å²) >= 11 is 0. The molecule has 2 aromatic carbocycles. The Balaban J connectivity index is 1.72. The van der Waals surface area contributed by atoms with Crippen molar-refractivity contribution >= 4 is 23.2 Å². The number of hydrogen-bond acceptors (Lipinski definition) is 3. The van der Waals surface area contributed by atoms with E-state index in [4.69, 9.17) is 10.5 Å². The molecule has 4 rings (SSSR count). The average molecular weight is 349 g/mol. The number of nitrogens with one attached hydrogen (secondary N) is 1. The molecular formula is C20H19N3O3. The number of rotatable bonds is 5. The molecule has 0 fully saturated rings. The standard InChI is InChI=1S/C20H19N3O3/c21-18(25)11-26-14-7-5-13(6-8-14)20-19-16(9-10-23(20)12-24)15-3-1-2-4-17(15)22-19/h1-8,12,20,22H,9-11H2,(H2,21,25). The van der Waals surface area contributed by atoms with Crippen LogP contribution in [0.15, 0.2) is 48.5 Å². The zero-order valence-corrected chi connectivity index (χ0v) is 14.1. The van der Waals surface area contributed by atoms with Gasteiger partial charge in [0.25, 0.3) is 5.91 Å². The van der Waals surface area contributed by atoms with Crippen molar-refractivity contribution in [2.45, 2.75) is 12.5 Å². The third-order valence-corrected chi connectivity index (χ3v) is 4.78. The van der Waals surface area contributed by atoms with E-state index in [0.717, 1.165) is 29.6 Å². The van der Waals surface area contributed by atoms with Crippen LogP contribution in [0.5, 0.6) is 5.75 Å². The number of fused-ring (bicyclic) bond motifs is 3. The SMILES string of the molecule is NC(=O)COc1ccc(C2c3[nH]c4ccccc4c3CCN2C=O)cc1. The topological polar surface area (TPSA) is 88.4 Å². The summed E-state index contributed by atoms with van der Waals surface area (Å²) < 4.78 is 5.31. The van der Waals surface area contributed by atoms with Crippen LogP contribution in [0.1, 0.15) is 22.9 Å². The second kappa shape index (κ2) is 6.55. The summed E-state index contributed by atoms with van der Waals surface area (Å²) in [5.41, 5.74) is 9.48. The lowest BCUT2D eigenvalue weighted by molar-refractivity contribution is -0.120. The molecule has 1 aromatic heterocycles. The van der Waals surface area contributed by atoms with Gasteiger partial charge in [-0.2, -0.15) is 0 Å². The monoisotopic (exact) mass is 349 g/mol. The first-order valence-corrected chi connectivity index (χ1v) is 8.49. The van der Waals surface area contributed by atoms with Gasteiger partial charge >= 0.3 is 0 Å². The molecule has 1 aliphatic heterocycles. The zero-order chi connectivity index (χ0) is 18.1. The maximum Gasteiger partial charge on any atom is 0.255 e. The smallest absolute Gasteiger partial charge is 0.255 e. The average Bonchev–Trinajstić information content (AvgIpc) is 3.04. The maximum atomic E-state index is 11.6. The van der Waals surface area contributed by atoms with Crippen molar-refractivity contribution in [3.63, 3.8) is 0 Å². The number of nitrogens with two attached hydrogens (primary N) is 1. The maximum absolute atomic E-state index is 11.6. The molecule has 0 saturated heterocycles. The van der Waals surface area contributed by atoms with E-state index in [1.807, 2.05) is 24.3 Å². The Hall–Kier alpha value is -3.28. The highest BCUT2D eigenvalue weighted by Crippen LogP contribution is 2.37. The Bertz CT molecular complexity index is 962. The molecule has 0 radical (unpaired) electrons. The van der Waals surface area contributed by atoms with E-state index in [-0.39, 0.29) is 12.6 Å². The molecule has 2 heterocycles. The molecular weight excluding hydrogens is 330 g/mol. The highest BCUT2D eigenvalue weighted by molar-refractivity contribution is 5.85. The van der Waals surface area contributed by atoms with Crippen molar-refractivity contribution < 1.29 is 14.3 Å². The van der Waals surface area contributed by atoms with Crippen molar-refractivity contribution in [3.05, 3.63) is 65.4 Å². The van der Waals surface area contributed by atoms with E-state index < -0.39 is 5.91 Å². The Morgan fingerprint density at radius 1 is 1.23 bits per heavy atom. The Labute approximate surface area is 150 Å². The predicted octanol–water partition coefficient (Wildman–Crippen LogP) is 2.14. The van der Waals surface area contributed by atoms with Gasteiger partial charge in [-0.05, 0) is 35.7 Å². The molecule has 1 aliphatic rings. The number of carbonyl (C=O) groups excluding carboxylic acids is 2. The fraction of sp³-hybridized carbons (Fsp3) is 0.200. The van der Waals surface area contributed by atoms with Crippen LogP contribution in [-0.4, -0.2) is 35.4 Å². The normalized spacial score (nSPS) is 16.3. The van der Waals surface area contributed by atoms with Gasteiger partial charge in [0, 0.05) is 23.1 Å². The minimum atomic E-state index is -0.517. The first-order valence-electron chi connectivity index (χ1n) is 8.49. The molecule has 26 heavy (non-hydrogen) atoms. The van der Waals surface area contributed by atoms with Crippen LogP contribution in [0.3, 0.4) is 0 Å². The number of H-pyrrole nitrogens is 1. The van der Waals surface area contributed by atoms with Crippen LogP contribution >= 0.6 is 0 Å². The van der Waals surface area contributed by atoms with Crippen LogP contribution in [0.4, 0.5) is 0 Å². The van der Waals surface area contributed by atoms with Gasteiger partial charge < -0.3 is 20.4 Å². The first kappa shape index (κ1) is 16.2. The number of para-hydroxylation sites is 1. The van der Waals surface area contributed by atoms with Gasteiger partial charge in [0.05, 0.1) is 6.04 Å². The van der Waals surface area contributed by atoms with E-state index in [1.165, 1.54) is 10.9 Å². The van der Waals surface area contributed by atoms with Crippen LogP contribution in [0.25, 0.3) is 10.9 Å². The van der Waals surface area contributed by atoms with Gasteiger partial charge in [-0.1, -0.05) is 30.3 Å². The third-order valence-electron chi connectivity index (χ3n) is 4.78. The van der Waals surface area contributed by atoms with Crippen LogP contribution < -0.4 is 10.5 Å². The number of amides is 2. The van der Waals surface area contributed by atoms with Crippen molar-refractivity contribution in [1.29, 1.82) is 0 Å². The lowest BCUT2D eigenvalue weighted by Crippen LogP contribution is -2.34. The summed E-state index contributed by atoms with van der Waals surface area (Å²) in [6, 6.07) is 15.4. The number of carbonyl (C=O) groups is 2. The molecule has 0 spiro atoms. The van der Waals surface area contributed by atoms with Crippen LogP contribution in [0.2, 0.25) is 0 Å². The van der Waals surface area contributed by atoms with Crippen LogP contribution in [-0.2, 0) is 16.0 Å². The van der Waals surface area contributed by atoms with E-state index in [2.05, 4.69) is 17.1 Å². The number of primary amides is 1. The van der Waals surface area contributed by atoms with E-state index >= 15 is 0 Å². The summed E-state index contributed by atoms with van der Waals surface area (Å²) in [4.78, 5) is 27.8. The van der Waals surface area contributed by atoms with Gasteiger partial charge in [0.1, 0.15) is 5.75 Å². The Morgan fingerprint density at radius 3 is 2.73 bits per heavy atom. The molecule has 3 aromatic rings. The number of ether oxygens (including phenoxy) is 1. The quantitative estimate of drug-likeness (QED) is 0.692.